The number of esters is 1. The predicted octanol–water partition coefficient (Wildman–Crippen LogP) is 5.96. The van der Waals surface area contributed by atoms with Gasteiger partial charge in [-0.15, -0.1) is 0 Å². The van der Waals surface area contributed by atoms with Gasteiger partial charge < -0.3 is 4.74 Å². The van der Waals surface area contributed by atoms with E-state index in [1.165, 1.54) is 40.8 Å². The van der Waals surface area contributed by atoms with Crippen LogP contribution in [0.3, 0.4) is 0 Å². The summed E-state index contributed by atoms with van der Waals surface area (Å²) in [5.74, 6) is -1.39. The molecule has 38 heavy (non-hydrogen) atoms. The molecule has 5 atom stereocenters. The number of fused-ring (bicyclic) bond motifs is 5. The first-order valence-electron chi connectivity index (χ1n) is 12.5. The van der Waals surface area contributed by atoms with Crippen molar-refractivity contribution < 1.29 is 23.9 Å². The third-order valence-electron chi connectivity index (χ3n) is 8.17. The van der Waals surface area contributed by atoms with E-state index in [-0.39, 0.29) is 51.6 Å². The average molecular weight is 548 g/mol. The Morgan fingerprint density at radius 2 is 1.58 bits per heavy atom. The minimum absolute atomic E-state index is 0.153. The molecule has 0 unspecified atom stereocenters. The van der Waals surface area contributed by atoms with Crippen LogP contribution < -0.4 is 4.90 Å². The van der Waals surface area contributed by atoms with Crippen LogP contribution in [0, 0.1) is 23.7 Å². The number of benzene rings is 3. The lowest BCUT2D eigenvalue weighted by atomic mass is 9.73. The van der Waals surface area contributed by atoms with Crippen LogP contribution in [0.2, 0.25) is 10.0 Å². The summed E-state index contributed by atoms with van der Waals surface area (Å²) in [7, 11) is 0. The fourth-order valence-corrected chi connectivity index (χ4v) is 7.07. The van der Waals surface area contributed by atoms with E-state index < -0.39 is 18.4 Å². The van der Waals surface area contributed by atoms with Crippen molar-refractivity contribution in [3.05, 3.63) is 99.5 Å². The second kappa shape index (κ2) is 9.68. The lowest BCUT2D eigenvalue weighted by Gasteiger charge is -2.28. The van der Waals surface area contributed by atoms with Crippen LogP contribution in [0.1, 0.15) is 45.0 Å². The maximum atomic E-state index is 13.5. The molecule has 8 heteroatoms. The molecular weight excluding hydrogens is 525 g/mol. The van der Waals surface area contributed by atoms with E-state index in [2.05, 4.69) is 12.1 Å². The first kappa shape index (κ1) is 24.8. The Hall–Kier alpha value is -3.48. The molecule has 2 amide bonds. The summed E-state index contributed by atoms with van der Waals surface area (Å²) >= 11 is 11.9. The Morgan fingerprint density at radius 1 is 0.868 bits per heavy atom. The van der Waals surface area contributed by atoms with Crippen LogP contribution in [0.25, 0.3) is 0 Å². The number of rotatable bonds is 6. The monoisotopic (exact) mass is 547 g/mol. The van der Waals surface area contributed by atoms with Crippen molar-refractivity contribution in [2.45, 2.75) is 18.8 Å². The Morgan fingerprint density at radius 3 is 2.29 bits per heavy atom. The third-order valence-corrected chi connectivity index (χ3v) is 8.72. The highest BCUT2D eigenvalue weighted by Crippen LogP contribution is 2.61. The number of ether oxygens (including phenoxy) is 1. The van der Waals surface area contributed by atoms with Crippen LogP contribution in [0.15, 0.2) is 72.8 Å². The summed E-state index contributed by atoms with van der Waals surface area (Å²) in [5.41, 5.74) is 2.08. The molecule has 0 radical (unpaired) electrons. The smallest absolute Gasteiger partial charge is 0.338 e. The lowest BCUT2D eigenvalue weighted by Crippen LogP contribution is -2.33. The molecule has 0 aromatic heterocycles. The van der Waals surface area contributed by atoms with Crippen molar-refractivity contribution >= 4 is 52.5 Å². The fraction of sp³-hybridized carbons (Fsp3) is 0.267. The van der Waals surface area contributed by atoms with Crippen molar-refractivity contribution in [3.63, 3.8) is 0 Å². The molecule has 0 N–H and O–H groups in total. The molecule has 2 bridgehead atoms. The molecule has 2 aliphatic carbocycles. The van der Waals surface area contributed by atoms with Crippen molar-refractivity contribution in [1.82, 2.24) is 0 Å². The number of carbonyl (C=O) groups is 4. The Balaban J connectivity index is 1.13. The van der Waals surface area contributed by atoms with E-state index >= 15 is 0 Å². The highest BCUT2D eigenvalue weighted by atomic mass is 35.5. The standard InChI is InChI=1S/C30H23Cl2NO5/c31-19-8-11-21(24(32)14-19)25(34)15-38-30(37)17-6-9-20(10-7-17)33-28(35)26-18-12-22(16-4-2-1-3-5-16)23(13-18)27(26)29(33)36/h1-11,14,18,22-23,26-27H,12-13,15H2/t18-,22+,23-,26+,27+/m0/s1. The highest BCUT2D eigenvalue weighted by molar-refractivity contribution is 6.36. The van der Waals surface area contributed by atoms with Crippen LogP contribution >= 0.6 is 23.2 Å². The topological polar surface area (TPSA) is 80.8 Å². The van der Waals surface area contributed by atoms with Crippen LogP contribution in [0.5, 0.6) is 0 Å². The Kier molecular flexibility index (Phi) is 6.33. The molecule has 1 heterocycles. The first-order valence-corrected chi connectivity index (χ1v) is 13.3. The van der Waals surface area contributed by atoms with Gasteiger partial charge in [0.2, 0.25) is 17.6 Å². The van der Waals surface area contributed by atoms with Crippen LogP contribution in [-0.4, -0.2) is 30.2 Å². The van der Waals surface area contributed by atoms with Gasteiger partial charge in [0.05, 0.1) is 28.1 Å². The van der Waals surface area contributed by atoms with Crippen LogP contribution in [-0.2, 0) is 14.3 Å². The summed E-state index contributed by atoms with van der Waals surface area (Å²) in [5, 5.41) is 0.571. The molecule has 3 aromatic carbocycles. The van der Waals surface area contributed by atoms with Crippen molar-refractivity contribution in [1.29, 1.82) is 0 Å². The Labute approximate surface area is 229 Å². The van der Waals surface area contributed by atoms with Gasteiger partial charge in [-0.3, -0.25) is 19.3 Å². The predicted molar refractivity (Wildman–Crippen MR) is 142 cm³/mol. The van der Waals surface area contributed by atoms with E-state index in [0.29, 0.717) is 16.6 Å². The number of anilines is 1. The second-order valence-electron chi connectivity index (χ2n) is 10.1. The average Bonchev–Trinajstić information content (AvgIpc) is 3.59. The maximum absolute atomic E-state index is 13.5. The number of imide groups is 1. The van der Waals surface area contributed by atoms with Gasteiger partial charge in [0.25, 0.3) is 0 Å². The molecule has 3 fully saturated rings. The van der Waals surface area contributed by atoms with Gasteiger partial charge >= 0.3 is 5.97 Å². The maximum Gasteiger partial charge on any atom is 0.338 e. The molecule has 6 rings (SSSR count). The van der Waals surface area contributed by atoms with Gasteiger partial charge in [0.1, 0.15) is 0 Å². The van der Waals surface area contributed by atoms with E-state index in [1.807, 2.05) is 18.2 Å². The third kappa shape index (κ3) is 4.12. The zero-order valence-corrected chi connectivity index (χ0v) is 21.7. The van der Waals surface area contributed by atoms with Gasteiger partial charge in [-0.2, -0.15) is 0 Å². The molecule has 1 aliphatic heterocycles. The van der Waals surface area contributed by atoms with E-state index in [1.54, 1.807) is 12.1 Å². The summed E-state index contributed by atoms with van der Waals surface area (Å²) in [6.07, 6.45) is 1.83. The zero-order chi connectivity index (χ0) is 26.6. The molecule has 3 aliphatic rings. The number of amides is 2. The first-order chi connectivity index (χ1) is 18.3. The van der Waals surface area contributed by atoms with Crippen molar-refractivity contribution in [2.24, 2.45) is 23.7 Å². The van der Waals surface area contributed by atoms with E-state index in [4.69, 9.17) is 27.9 Å². The van der Waals surface area contributed by atoms with Gasteiger partial charge in [0.15, 0.2) is 6.61 Å². The molecular formula is C30H23Cl2NO5. The number of hydrogen-bond acceptors (Lipinski definition) is 5. The number of Topliss-reactive ketones (excluding diaryl/α,β-unsaturated/α-hetero) is 1. The number of hydrogen-bond donors (Lipinski definition) is 0. The summed E-state index contributed by atoms with van der Waals surface area (Å²) < 4.78 is 5.16. The summed E-state index contributed by atoms with van der Waals surface area (Å²) in [4.78, 5) is 53.1. The highest BCUT2D eigenvalue weighted by Gasteiger charge is 2.64. The molecule has 6 nitrogen and oxygen atoms in total. The second-order valence-corrected chi connectivity index (χ2v) is 11.0. The van der Waals surface area contributed by atoms with Gasteiger partial charge in [-0.1, -0.05) is 53.5 Å². The normalized spacial score (nSPS) is 25.5. The van der Waals surface area contributed by atoms with Gasteiger partial charge in [0, 0.05) is 10.6 Å². The molecule has 192 valence electrons. The fourth-order valence-electron chi connectivity index (χ4n) is 6.55. The number of nitrogens with zero attached hydrogens (tertiary/aromatic N) is 1. The van der Waals surface area contributed by atoms with Crippen LogP contribution in [0.4, 0.5) is 5.69 Å². The SMILES string of the molecule is O=C(OCC(=O)c1ccc(Cl)cc1Cl)c1ccc(N2C(=O)[C@@H]3[C@@H]4C[C@H]([C@H]3C2=O)[C@@H](c2ccccc2)C4)cc1. The lowest BCUT2D eigenvalue weighted by molar-refractivity contribution is -0.123. The molecule has 0 spiro atoms. The minimum Gasteiger partial charge on any atom is -0.454 e. The largest absolute Gasteiger partial charge is 0.454 e. The summed E-state index contributed by atoms with van der Waals surface area (Å²) in [6.45, 7) is -0.486. The molecule has 3 aromatic rings. The summed E-state index contributed by atoms with van der Waals surface area (Å²) in [6, 6.07) is 20.8. The van der Waals surface area contributed by atoms with Gasteiger partial charge in [-0.05, 0) is 78.6 Å². The number of carbonyl (C=O) groups excluding carboxylic acids is 4. The van der Waals surface area contributed by atoms with Crippen molar-refractivity contribution in [3.8, 4) is 0 Å². The number of halogens is 2. The zero-order valence-electron chi connectivity index (χ0n) is 20.2. The Bertz CT molecular complexity index is 1460. The minimum atomic E-state index is -0.699. The van der Waals surface area contributed by atoms with Gasteiger partial charge in [-0.25, -0.2) is 4.79 Å². The van der Waals surface area contributed by atoms with E-state index in [0.717, 1.165) is 12.8 Å². The molecule has 2 saturated carbocycles. The molecule has 1 saturated heterocycles. The van der Waals surface area contributed by atoms with E-state index in [9.17, 15) is 19.2 Å². The number of ketones is 1. The van der Waals surface area contributed by atoms with Crippen molar-refractivity contribution in [2.75, 3.05) is 11.5 Å². The quantitative estimate of drug-likeness (QED) is 0.216.